The summed E-state index contributed by atoms with van der Waals surface area (Å²) in [5.74, 6) is 1.66. The molecule has 0 aliphatic carbocycles. The molecule has 0 atom stereocenters. The van der Waals surface area contributed by atoms with E-state index in [1.807, 2.05) is 44.2 Å². The first-order valence-corrected chi connectivity index (χ1v) is 8.22. The largest absolute Gasteiger partial charge is 0.493 e. The smallest absolute Gasteiger partial charge is 0.222 e. The third kappa shape index (κ3) is 4.03. The van der Waals surface area contributed by atoms with Crippen LogP contribution in [0.4, 0.5) is 5.95 Å². The third-order valence-corrected chi connectivity index (χ3v) is 3.66. The van der Waals surface area contributed by atoms with Gasteiger partial charge in [0.15, 0.2) is 11.5 Å². The zero-order valence-electron chi connectivity index (χ0n) is 14.2. The Labute approximate surface area is 150 Å². The van der Waals surface area contributed by atoms with E-state index < -0.39 is 0 Å². The molecule has 1 aromatic heterocycles. The van der Waals surface area contributed by atoms with Gasteiger partial charge in [-0.15, -0.1) is 0 Å². The summed E-state index contributed by atoms with van der Waals surface area (Å²) in [6, 6.07) is 11.3. The number of nitrogens with zero attached hydrogens (tertiary/aromatic N) is 2. The number of halogens is 1. The second-order valence-corrected chi connectivity index (χ2v) is 6.08. The van der Waals surface area contributed by atoms with Gasteiger partial charge in [0.05, 0.1) is 35.5 Å². The van der Waals surface area contributed by atoms with Crippen LogP contribution in [0.2, 0.25) is 5.02 Å². The predicted octanol–water partition coefficient (Wildman–Crippen LogP) is 4.46. The molecule has 130 valence electrons. The molecule has 6 nitrogen and oxygen atoms in total. The predicted molar refractivity (Wildman–Crippen MR) is 101 cm³/mol. The van der Waals surface area contributed by atoms with Crippen molar-refractivity contribution in [3.8, 4) is 11.5 Å². The maximum absolute atomic E-state index is 6.30. The minimum Gasteiger partial charge on any atom is -0.493 e. The van der Waals surface area contributed by atoms with Gasteiger partial charge < -0.3 is 14.5 Å². The van der Waals surface area contributed by atoms with Crippen LogP contribution in [0.1, 0.15) is 19.4 Å². The number of methoxy groups -OCH3 is 1. The first-order chi connectivity index (χ1) is 12.1. The van der Waals surface area contributed by atoms with Crippen molar-refractivity contribution in [1.82, 2.24) is 9.97 Å². The number of nitrogens with one attached hydrogen (secondary N) is 2. The van der Waals surface area contributed by atoms with Crippen LogP contribution < -0.4 is 14.9 Å². The van der Waals surface area contributed by atoms with Crippen molar-refractivity contribution in [2.45, 2.75) is 20.0 Å². The van der Waals surface area contributed by atoms with Crippen molar-refractivity contribution < 1.29 is 9.47 Å². The number of anilines is 1. The number of fused-ring (bicyclic) bond motifs is 1. The summed E-state index contributed by atoms with van der Waals surface area (Å²) in [5.41, 5.74) is 5.47. The molecule has 3 aromatic rings. The normalized spacial score (nSPS) is 11.4. The zero-order chi connectivity index (χ0) is 17.8. The molecule has 0 saturated carbocycles. The lowest BCUT2D eigenvalue weighted by atomic mass is 10.2. The summed E-state index contributed by atoms with van der Waals surface area (Å²) in [6.45, 7) is 3.87. The zero-order valence-corrected chi connectivity index (χ0v) is 15.0. The molecule has 0 amide bonds. The maximum Gasteiger partial charge on any atom is 0.222 e. The van der Waals surface area contributed by atoms with Gasteiger partial charge in [0, 0.05) is 0 Å². The first-order valence-electron chi connectivity index (χ1n) is 7.85. The lowest BCUT2D eigenvalue weighted by Crippen LogP contribution is -2.07. The highest BCUT2D eigenvalue weighted by Crippen LogP contribution is 2.36. The molecule has 2 aromatic carbocycles. The van der Waals surface area contributed by atoms with Crippen LogP contribution in [-0.2, 0) is 0 Å². The monoisotopic (exact) mass is 358 g/mol. The summed E-state index contributed by atoms with van der Waals surface area (Å²) in [6.07, 6.45) is 1.64. The molecule has 0 saturated heterocycles. The number of H-pyrrole nitrogens is 1. The van der Waals surface area contributed by atoms with Gasteiger partial charge in [-0.3, -0.25) is 0 Å². The molecule has 1 heterocycles. The summed E-state index contributed by atoms with van der Waals surface area (Å²) in [4.78, 5) is 7.53. The molecule has 0 spiro atoms. The molecule has 2 N–H and O–H groups in total. The van der Waals surface area contributed by atoms with E-state index in [1.165, 1.54) is 0 Å². The number of hydrogen-bond donors (Lipinski definition) is 2. The number of aromatic nitrogens is 2. The molecule has 0 radical (unpaired) electrons. The van der Waals surface area contributed by atoms with E-state index in [0.717, 1.165) is 16.6 Å². The van der Waals surface area contributed by atoms with Crippen molar-refractivity contribution in [3.63, 3.8) is 0 Å². The van der Waals surface area contributed by atoms with Gasteiger partial charge in [-0.05, 0) is 43.7 Å². The standard InChI is InChI=1S/C18H19ClN4O2/c1-11(2)25-17-13(19)8-12(9-16(17)24-3)10-20-23-18-21-14-6-4-5-7-15(14)22-18/h4-11H,1-3H3,(H2,21,22,23)/b20-10-. The summed E-state index contributed by atoms with van der Waals surface area (Å²) >= 11 is 6.30. The molecule has 7 heteroatoms. The Bertz CT molecular complexity index is 872. The average molecular weight is 359 g/mol. The lowest BCUT2D eigenvalue weighted by Gasteiger charge is -2.15. The van der Waals surface area contributed by atoms with Crippen LogP contribution >= 0.6 is 11.6 Å². The molecule has 25 heavy (non-hydrogen) atoms. The Morgan fingerprint density at radius 2 is 2.08 bits per heavy atom. The van der Waals surface area contributed by atoms with Crippen molar-refractivity contribution >= 4 is 34.8 Å². The molecule has 0 aliphatic heterocycles. The van der Waals surface area contributed by atoms with Gasteiger partial charge in [0.1, 0.15) is 0 Å². The highest BCUT2D eigenvalue weighted by Gasteiger charge is 2.12. The third-order valence-electron chi connectivity index (χ3n) is 3.38. The molecular formula is C18H19ClN4O2. The van der Waals surface area contributed by atoms with E-state index in [0.29, 0.717) is 22.5 Å². The first kappa shape index (κ1) is 17.1. The molecule has 0 aliphatic rings. The van der Waals surface area contributed by atoms with Crippen LogP contribution in [0, 0.1) is 0 Å². The molecule has 0 unspecified atom stereocenters. The van der Waals surface area contributed by atoms with Crippen molar-refractivity contribution in [2.75, 3.05) is 12.5 Å². The van der Waals surface area contributed by atoms with Crippen molar-refractivity contribution in [2.24, 2.45) is 5.10 Å². The minimum atomic E-state index is 0.000619. The van der Waals surface area contributed by atoms with Gasteiger partial charge in [0.2, 0.25) is 5.95 Å². The van der Waals surface area contributed by atoms with Gasteiger partial charge in [-0.2, -0.15) is 5.10 Å². The molecule has 0 fully saturated rings. The fourth-order valence-corrected chi connectivity index (χ4v) is 2.60. The van der Waals surface area contributed by atoms with Crippen LogP contribution in [-0.4, -0.2) is 29.4 Å². The van der Waals surface area contributed by atoms with E-state index in [1.54, 1.807) is 19.4 Å². The van der Waals surface area contributed by atoms with E-state index in [9.17, 15) is 0 Å². The second kappa shape index (κ2) is 7.44. The second-order valence-electron chi connectivity index (χ2n) is 5.67. The number of imidazole rings is 1. The molecule has 3 rings (SSSR count). The van der Waals surface area contributed by atoms with Crippen LogP contribution in [0.15, 0.2) is 41.5 Å². The fourth-order valence-electron chi connectivity index (χ4n) is 2.34. The van der Waals surface area contributed by atoms with Crippen LogP contribution in [0.25, 0.3) is 11.0 Å². The Morgan fingerprint density at radius 1 is 1.28 bits per heavy atom. The maximum atomic E-state index is 6.30. The summed E-state index contributed by atoms with van der Waals surface area (Å²) < 4.78 is 11.1. The quantitative estimate of drug-likeness (QED) is 0.504. The number of hydrogen-bond acceptors (Lipinski definition) is 5. The molecular weight excluding hydrogens is 340 g/mol. The lowest BCUT2D eigenvalue weighted by molar-refractivity contribution is 0.230. The number of hydrazone groups is 1. The van der Waals surface area contributed by atoms with E-state index >= 15 is 0 Å². The van der Waals surface area contributed by atoms with Gasteiger partial charge in [0.25, 0.3) is 0 Å². The van der Waals surface area contributed by atoms with Crippen molar-refractivity contribution in [3.05, 3.63) is 47.0 Å². The van der Waals surface area contributed by atoms with E-state index in [2.05, 4.69) is 20.5 Å². The summed E-state index contributed by atoms with van der Waals surface area (Å²) in [5, 5.41) is 4.66. The van der Waals surface area contributed by atoms with Crippen molar-refractivity contribution in [1.29, 1.82) is 0 Å². The summed E-state index contributed by atoms with van der Waals surface area (Å²) in [7, 11) is 1.58. The topological polar surface area (TPSA) is 71.5 Å². The average Bonchev–Trinajstić information content (AvgIpc) is 2.99. The minimum absolute atomic E-state index is 0.000619. The number of benzene rings is 2. The molecule has 0 bridgehead atoms. The number of para-hydroxylation sites is 2. The Kier molecular flexibility index (Phi) is 5.09. The van der Waals surface area contributed by atoms with Gasteiger partial charge >= 0.3 is 0 Å². The van der Waals surface area contributed by atoms with Crippen LogP contribution in [0.5, 0.6) is 11.5 Å². The number of aromatic amines is 1. The SMILES string of the molecule is COc1cc(/C=N\Nc2nc3ccccc3[nH]2)cc(Cl)c1OC(C)C. The van der Waals surface area contributed by atoms with Gasteiger partial charge in [-0.25, -0.2) is 10.4 Å². The Hall–Kier alpha value is -2.73. The van der Waals surface area contributed by atoms with Crippen LogP contribution in [0.3, 0.4) is 0 Å². The number of rotatable bonds is 6. The Balaban J connectivity index is 1.77. The fraction of sp³-hybridized carbons (Fsp3) is 0.222. The van der Waals surface area contributed by atoms with E-state index in [-0.39, 0.29) is 6.10 Å². The highest BCUT2D eigenvalue weighted by molar-refractivity contribution is 6.32. The highest BCUT2D eigenvalue weighted by atomic mass is 35.5. The number of ether oxygens (including phenoxy) is 2. The van der Waals surface area contributed by atoms with Gasteiger partial charge in [-0.1, -0.05) is 23.7 Å². The Morgan fingerprint density at radius 3 is 2.80 bits per heavy atom. The van der Waals surface area contributed by atoms with E-state index in [4.69, 9.17) is 21.1 Å².